The fraction of sp³-hybridized carbons (Fsp3) is 0.316. The molecule has 0 aliphatic rings. The van der Waals surface area contributed by atoms with Crippen molar-refractivity contribution in [2.45, 2.75) is 25.3 Å². The molecule has 3 heteroatoms. The largest absolute Gasteiger partial charge is 0.468 e. The van der Waals surface area contributed by atoms with Gasteiger partial charge >= 0.3 is 5.97 Å². The van der Waals surface area contributed by atoms with E-state index in [1.165, 1.54) is 7.11 Å². The molecule has 116 valence electrons. The highest BCUT2D eigenvalue weighted by atomic mass is 16.5. The molecular weight excluding hydrogens is 274 g/mol. The van der Waals surface area contributed by atoms with Gasteiger partial charge < -0.3 is 10.1 Å². The number of carbonyl (C=O) groups is 1. The van der Waals surface area contributed by atoms with Gasteiger partial charge in [-0.25, -0.2) is 0 Å². The van der Waals surface area contributed by atoms with E-state index >= 15 is 0 Å². The second-order valence-corrected chi connectivity index (χ2v) is 5.07. The molecule has 0 saturated carbocycles. The van der Waals surface area contributed by atoms with Gasteiger partial charge in [-0.05, 0) is 36.9 Å². The summed E-state index contributed by atoms with van der Waals surface area (Å²) in [6.07, 6.45) is 1.26. The van der Waals surface area contributed by atoms with Crippen molar-refractivity contribution >= 4 is 5.97 Å². The van der Waals surface area contributed by atoms with Crippen molar-refractivity contribution in [2.24, 2.45) is 0 Å². The molecule has 0 aliphatic carbocycles. The molecule has 0 aromatic heterocycles. The zero-order chi connectivity index (χ0) is 17.4. The summed E-state index contributed by atoms with van der Waals surface area (Å²) in [6, 6.07) is 18.6. The van der Waals surface area contributed by atoms with Crippen LogP contribution in [0.15, 0.2) is 60.7 Å². The fourth-order valence-corrected chi connectivity index (χ4v) is 2.23. The Balaban J connectivity index is 1.99. The molecule has 0 bridgehead atoms. The minimum Gasteiger partial charge on any atom is -0.468 e. The van der Waals surface area contributed by atoms with Gasteiger partial charge in [-0.15, -0.1) is 0 Å². The van der Waals surface area contributed by atoms with Crippen LogP contribution < -0.4 is 5.32 Å². The van der Waals surface area contributed by atoms with Gasteiger partial charge in [0.25, 0.3) is 0 Å². The lowest BCUT2D eigenvalue weighted by molar-refractivity contribution is -0.143. The van der Waals surface area contributed by atoms with Gasteiger partial charge in [0.2, 0.25) is 0 Å². The van der Waals surface area contributed by atoms with Crippen molar-refractivity contribution in [3.8, 4) is 0 Å². The first kappa shape index (κ1) is 13.5. The number of esters is 1. The lowest BCUT2D eigenvalue weighted by atomic mass is 10.1. The van der Waals surface area contributed by atoms with E-state index in [1.807, 2.05) is 60.7 Å². The van der Waals surface area contributed by atoms with Crippen molar-refractivity contribution in [1.82, 2.24) is 5.32 Å². The number of ether oxygens (including phenoxy) is 1. The third-order valence-electron chi connectivity index (χ3n) is 3.43. The Kier molecular flexibility index (Phi) is 5.54. The first-order chi connectivity index (χ1) is 11.5. The first-order valence-corrected chi connectivity index (χ1v) is 7.43. The Morgan fingerprint density at radius 1 is 1.09 bits per heavy atom. The summed E-state index contributed by atoms with van der Waals surface area (Å²) in [5, 5.41) is 2.82. The molecule has 0 amide bonds. The van der Waals surface area contributed by atoms with Crippen LogP contribution >= 0.6 is 0 Å². The molecule has 3 nitrogen and oxygen atoms in total. The molecule has 0 unspecified atom stereocenters. The van der Waals surface area contributed by atoms with Crippen LogP contribution in [-0.2, 0) is 22.4 Å². The Labute approximate surface area is 135 Å². The van der Waals surface area contributed by atoms with E-state index in [0.717, 1.165) is 11.1 Å². The van der Waals surface area contributed by atoms with Crippen LogP contribution in [0.5, 0.6) is 0 Å². The molecule has 1 atom stereocenters. The topological polar surface area (TPSA) is 38.3 Å². The van der Waals surface area contributed by atoms with E-state index in [9.17, 15) is 4.79 Å². The van der Waals surface area contributed by atoms with Crippen molar-refractivity contribution in [3.05, 3.63) is 71.8 Å². The molecule has 0 heterocycles. The van der Waals surface area contributed by atoms with Gasteiger partial charge in [-0.1, -0.05) is 60.7 Å². The van der Waals surface area contributed by atoms with Crippen LogP contribution in [0.4, 0.5) is 0 Å². The van der Waals surface area contributed by atoms with E-state index in [4.69, 9.17) is 7.48 Å². The Morgan fingerprint density at radius 2 is 1.68 bits per heavy atom. The van der Waals surface area contributed by atoms with Gasteiger partial charge in [-0.3, -0.25) is 4.79 Å². The van der Waals surface area contributed by atoms with Gasteiger partial charge in [-0.2, -0.15) is 0 Å². The van der Waals surface area contributed by atoms with Crippen LogP contribution in [0.25, 0.3) is 0 Å². The predicted molar refractivity (Wildman–Crippen MR) is 88.7 cm³/mol. The van der Waals surface area contributed by atoms with Gasteiger partial charge in [0, 0.05) is 2.74 Å². The molecule has 2 rings (SSSR count). The summed E-state index contributed by atoms with van der Waals surface area (Å²) < 4.78 is 21.2. The molecular formula is C19H23NO2. The number of carbonyl (C=O) groups excluding carboxylic acids is 1. The minimum absolute atomic E-state index is 0.277. The molecule has 0 saturated heterocycles. The van der Waals surface area contributed by atoms with E-state index in [1.54, 1.807) is 0 Å². The molecule has 1 N–H and O–H groups in total. The summed E-state index contributed by atoms with van der Waals surface area (Å²) in [6.45, 7) is -1.66. The highest BCUT2D eigenvalue weighted by Gasteiger charge is 2.18. The van der Waals surface area contributed by atoms with E-state index < -0.39 is 18.5 Å². The minimum atomic E-state index is -1.66. The Hall–Kier alpha value is -2.13. The highest BCUT2D eigenvalue weighted by molar-refractivity contribution is 5.76. The van der Waals surface area contributed by atoms with E-state index in [2.05, 4.69) is 5.32 Å². The molecule has 0 radical (unpaired) electrons. The Bertz CT molecular complexity index is 632. The summed E-state index contributed by atoms with van der Waals surface area (Å²) in [5.41, 5.74) is 2.03. The van der Waals surface area contributed by atoms with E-state index in [0.29, 0.717) is 12.8 Å². The number of rotatable bonds is 8. The van der Waals surface area contributed by atoms with Crippen molar-refractivity contribution in [1.29, 1.82) is 0 Å². The lowest BCUT2D eigenvalue weighted by Gasteiger charge is -2.16. The second-order valence-electron chi connectivity index (χ2n) is 5.07. The molecule has 2 aromatic carbocycles. The molecule has 22 heavy (non-hydrogen) atoms. The monoisotopic (exact) mass is 299 g/mol. The molecule has 0 spiro atoms. The van der Waals surface area contributed by atoms with Crippen LogP contribution in [0.1, 0.15) is 20.3 Å². The average molecular weight is 299 g/mol. The van der Waals surface area contributed by atoms with Gasteiger partial charge in [0.15, 0.2) is 0 Å². The third-order valence-corrected chi connectivity index (χ3v) is 3.43. The first-order valence-electron chi connectivity index (χ1n) is 8.43. The standard InChI is InChI=1S/C19H23NO2/c1-22-19(21)18(15-17-11-6-3-7-12-17)20-14-8-13-16-9-4-2-5-10-16/h2-7,9-12,18,20H,8,13-15H2,1H3/t18-/m0/s1/i14D2. The molecule has 0 fully saturated rings. The summed E-state index contributed by atoms with van der Waals surface area (Å²) in [5.74, 6) is -0.456. The zero-order valence-electron chi connectivity index (χ0n) is 14.8. The molecule has 2 aromatic rings. The normalized spacial score (nSPS) is 13.9. The summed E-state index contributed by atoms with van der Waals surface area (Å²) >= 11 is 0. The maximum atomic E-state index is 12.0. The summed E-state index contributed by atoms with van der Waals surface area (Å²) in [7, 11) is 1.32. The predicted octanol–water partition coefficient (Wildman–Crippen LogP) is 2.99. The van der Waals surface area contributed by atoms with Crippen LogP contribution in [0.3, 0.4) is 0 Å². The maximum absolute atomic E-state index is 12.0. The molecule has 0 aliphatic heterocycles. The van der Waals surface area contributed by atoms with Crippen LogP contribution in [-0.4, -0.2) is 25.6 Å². The second kappa shape index (κ2) is 9.00. The number of benzene rings is 2. The fourth-order valence-electron chi connectivity index (χ4n) is 2.23. The number of hydrogen-bond acceptors (Lipinski definition) is 3. The van der Waals surface area contributed by atoms with Crippen LogP contribution in [0, 0.1) is 0 Å². The number of aryl methyl sites for hydroxylation is 1. The average Bonchev–Trinajstić information content (AvgIpc) is 2.60. The zero-order valence-corrected chi connectivity index (χ0v) is 12.8. The van der Waals surface area contributed by atoms with Crippen molar-refractivity contribution in [3.63, 3.8) is 0 Å². The third kappa shape index (κ3) is 5.34. The van der Waals surface area contributed by atoms with Crippen molar-refractivity contribution < 1.29 is 12.3 Å². The highest BCUT2D eigenvalue weighted by Crippen LogP contribution is 2.06. The SMILES string of the molecule is [2H]C([2H])(CCc1ccccc1)N[C@@H](Cc1ccccc1)C(=O)OC. The Morgan fingerprint density at radius 3 is 2.27 bits per heavy atom. The number of nitrogens with one attached hydrogen (secondary N) is 1. The maximum Gasteiger partial charge on any atom is 0.323 e. The quantitative estimate of drug-likeness (QED) is 0.762. The van der Waals surface area contributed by atoms with Gasteiger partial charge in [0.1, 0.15) is 6.04 Å². The smallest absolute Gasteiger partial charge is 0.323 e. The lowest BCUT2D eigenvalue weighted by Crippen LogP contribution is -2.40. The van der Waals surface area contributed by atoms with Crippen molar-refractivity contribution in [2.75, 3.05) is 13.6 Å². The van der Waals surface area contributed by atoms with Crippen LogP contribution in [0.2, 0.25) is 0 Å². The van der Waals surface area contributed by atoms with E-state index in [-0.39, 0.29) is 6.42 Å². The number of hydrogen-bond donors (Lipinski definition) is 1. The number of methoxy groups -OCH3 is 1. The van der Waals surface area contributed by atoms with Gasteiger partial charge in [0.05, 0.1) is 7.11 Å². The summed E-state index contributed by atoms with van der Waals surface area (Å²) in [4.78, 5) is 12.0.